The van der Waals surface area contributed by atoms with E-state index in [1.54, 1.807) is 0 Å². The summed E-state index contributed by atoms with van der Waals surface area (Å²) in [7, 11) is 0. The third kappa shape index (κ3) is 9.53. The summed E-state index contributed by atoms with van der Waals surface area (Å²) in [6.07, 6.45) is -1.16. The Kier molecular flexibility index (Phi) is 11.1. The van der Waals surface area contributed by atoms with Gasteiger partial charge < -0.3 is 24.8 Å². The molecular formula is C15H24O8S. The van der Waals surface area contributed by atoms with E-state index in [0.717, 1.165) is 11.8 Å². The molecule has 0 aromatic carbocycles. The van der Waals surface area contributed by atoms with Crippen LogP contribution < -0.4 is 0 Å². The summed E-state index contributed by atoms with van der Waals surface area (Å²) >= 11 is 1.08. The Balaban J connectivity index is 4.40. The summed E-state index contributed by atoms with van der Waals surface area (Å²) in [6.45, 7) is 5.42. The molecule has 0 aliphatic carbocycles. The van der Waals surface area contributed by atoms with Crippen molar-refractivity contribution in [1.29, 1.82) is 0 Å². The number of ether oxygens (including phenoxy) is 2. The number of aliphatic hydroxyl groups is 2. The molecule has 9 heteroatoms. The molecule has 0 aromatic rings. The molecule has 24 heavy (non-hydrogen) atoms. The summed E-state index contributed by atoms with van der Waals surface area (Å²) in [5.74, 6) is -2.89. The zero-order chi connectivity index (χ0) is 18.7. The molecule has 0 heterocycles. The lowest BCUT2D eigenvalue weighted by molar-refractivity contribution is -0.150. The van der Waals surface area contributed by atoms with E-state index >= 15 is 0 Å². The maximum Gasteiger partial charge on any atom is 0.333 e. The average molecular weight is 364 g/mol. The smallest absolute Gasteiger partial charge is 0.333 e. The number of carboxylic acids is 1. The predicted molar refractivity (Wildman–Crippen MR) is 87.5 cm³/mol. The van der Waals surface area contributed by atoms with E-state index in [2.05, 4.69) is 6.58 Å². The molecular weight excluding hydrogens is 340 g/mol. The summed E-state index contributed by atoms with van der Waals surface area (Å²) < 4.78 is 9.66. The van der Waals surface area contributed by atoms with Crippen molar-refractivity contribution in [2.45, 2.75) is 31.6 Å². The summed E-state index contributed by atoms with van der Waals surface area (Å²) in [5.41, 5.74) is 0.183. The number of thioether (sulfide) groups is 1. The van der Waals surface area contributed by atoms with Crippen LogP contribution >= 0.6 is 11.8 Å². The first-order valence-corrected chi connectivity index (χ1v) is 8.36. The molecule has 3 unspecified atom stereocenters. The van der Waals surface area contributed by atoms with Gasteiger partial charge in [-0.25, -0.2) is 4.79 Å². The van der Waals surface area contributed by atoms with Crippen LogP contribution in [0.5, 0.6) is 0 Å². The van der Waals surface area contributed by atoms with Gasteiger partial charge in [-0.1, -0.05) is 13.5 Å². The van der Waals surface area contributed by atoms with Gasteiger partial charge >= 0.3 is 17.9 Å². The molecule has 3 atom stereocenters. The van der Waals surface area contributed by atoms with Crippen LogP contribution in [0.15, 0.2) is 12.2 Å². The van der Waals surface area contributed by atoms with Crippen molar-refractivity contribution in [3.63, 3.8) is 0 Å². The van der Waals surface area contributed by atoms with Gasteiger partial charge in [0.1, 0.15) is 24.6 Å². The highest BCUT2D eigenvalue weighted by Crippen LogP contribution is 2.21. The zero-order valence-electron chi connectivity index (χ0n) is 13.8. The Morgan fingerprint density at radius 3 is 2.29 bits per heavy atom. The van der Waals surface area contributed by atoms with Crippen molar-refractivity contribution in [3.05, 3.63) is 12.2 Å². The van der Waals surface area contributed by atoms with E-state index in [4.69, 9.17) is 19.7 Å². The van der Waals surface area contributed by atoms with E-state index in [9.17, 15) is 19.5 Å². The van der Waals surface area contributed by atoms with Gasteiger partial charge in [0.05, 0.1) is 12.5 Å². The monoisotopic (exact) mass is 364 g/mol. The topological polar surface area (TPSA) is 130 Å². The first-order chi connectivity index (χ1) is 11.2. The molecule has 0 aliphatic heterocycles. The van der Waals surface area contributed by atoms with Crippen LogP contribution in [-0.2, 0) is 23.9 Å². The molecule has 0 aromatic heterocycles. The molecule has 0 radical (unpaired) electrons. The van der Waals surface area contributed by atoms with Gasteiger partial charge in [0.25, 0.3) is 0 Å². The minimum absolute atomic E-state index is 0.0412. The van der Waals surface area contributed by atoms with Crippen molar-refractivity contribution in [3.8, 4) is 0 Å². The van der Waals surface area contributed by atoms with Gasteiger partial charge in [-0.2, -0.15) is 0 Å². The van der Waals surface area contributed by atoms with Gasteiger partial charge in [-0.3, -0.25) is 9.59 Å². The summed E-state index contributed by atoms with van der Waals surface area (Å²) in [6, 6.07) is 0. The minimum Gasteiger partial charge on any atom is -0.481 e. The first kappa shape index (κ1) is 22.4. The minimum atomic E-state index is -1.20. The largest absolute Gasteiger partial charge is 0.481 e. The lowest BCUT2D eigenvalue weighted by Gasteiger charge is -2.18. The summed E-state index contributed by atoms with van der Waals surface area (Å²) in [4.78, 5) is 34.1. The van der Waals surface area contributed by atoms with Crippen LogP contribution in [0.3, 0.4) is 0 Å². The van der Waals surface area contributed by atoms with Gasteiger partial charge in [-0.05, 0) is 13.3 Å². The standard InChI is InChI=1S/C15H24O8S/c1-9(2)14(20)22-7-11(17)8-23-15(21)12(24-5-4-16)6-10(3)13(18)19/h10-12,16-17H,1,4-8H2,2-3H3,(H,18,19). The SMILES string of the molecule is C=C(C)C(=O)OCC(O)COC(=O)C(CC(C)C(=O)O)SCCO. The predicted octanol–water partition coefficient (Wildman–Crippen LogP) is 0.215. The number of aliphatic carboxylic acids is 1. The van der Waals surface area contributed by atoms with Crippen molar-refractivity contribution in [2.24, 2.45) is 5.92 Å². The Bertz CT molecular complexity index is 451. The van der Waals surface area contributed by atoms with Crippen LogP contribution in [0, 0.1) is 5.92 Å². The lowest BCUT2D eigenvalue weighted by atomic mass is 10.1. The number of hydrogen-bond donors (Lipinski definition) is 3. The second-order valence-corrected chi connectivity index (χ2v) is 6.53. The van der Waals surface area contributed by atoms with Gasteiger partial charge in [-0.15, -0.1) is 11.8 Å². The molecule has 0 rings (SSSR count). The Morgan fingerprint density at radius 1 is 1.21 bits per heavy atom. The second-order valence-electron chi connectivity index (χ2n) is 5.22. The van der Waals surface area contributed by atoms with Crippen LogP contribution in [0.1, 0.15) is 20.3 Å². The van der Waals surface area contributed by atoms with Crippen LogP contribution in [0.2, 0.25) is 0 Å². The van der Waals surface area contributed by atoms with Gasteiger partial charge in [0.15, 0.2) is 0 Å². The van der Waals surface area contributed by atoms with E-state index in [1.807, 2.05) is 0 Å². The molecule has 3 N–H and O–H groups in total. The maximum absolute atomic E-state index is 12.0. The van der Waals surface area contributed by atoms with Crippen LogP contribution in [0.4, 0.5) is 0 Å². The Labute approximate surface area is 144 Å². The fraction of sp³-hybridized carbons (Fsp3) is 0.667. The molecule has 0 saturated heterocycles. The van der Waals surface area contributed by atoms with Crippen molar-refractivity contribution >= 4 is 29.7 Å². The normalized spacial score (nSPS) is 14.3. The average Bonchev–Trinajstić information content (AvgIpc) is 2.53. The molecule has 0 saturated carbocycles. The number of carbonyl (C=O) groups is 3. The third-order valence-corrected chi connectivity index (χ3v) is 4.04. The van der Waals surface area contributed by atoms with Crippen LogP contribution in [0.25, 0.3) is 0 Å². The lowest BCUT2D eigenvalue weighted by Crippen LogP contribution is -2.30. The number of esters is 2. The van der Waals surface area contributed by atoms with Crippen molar-refractivity contribution in [2.75, 3.05) is 25.6 Å². The molecule has 0 spiro atoms. The zero-order valence-corrected chi connectivity index (χ0v) is 14.6. The van der Waals surface area contributed by atoms with Crippen LogP contribution in [-0.4, -0.2) is 70.2 Å². The Morgan fingerprint density at radius 2 is 1.79 bits per heavy atom. The van der Waals surface area contributed by atoms with Gasteiger partial charge in [0, 0.05) is 11.3 Å². The highest BCUT2D eigenvalue weighted by atomic mass is 32.2. The fourth-order valence-electron chi connectivity index (χ4n) is 1.46. The highest BCUT2D eigenvalue weighted by Gasteiger charge is 2.26. The fourth-order valence-corrected chi connectivity index (χ4v) is 2.48. The third-order valence-electron chi connectivity index (χ3n) is 2.84. The highest BCUT2D eigenvalue weighted by molar-refractivity contribution is 8.00. The van der Waals surface area contributed by atoms with E-state index in [-0.39, 0.29) is 37.6 Å². The molecule has 8 nitrogen and oxygen atoms in total. The molecule has 138 valence electrons. The van der Waals surface area contributed by atoms with E-state index < -0.39 is 35.2 Å². The van der Waals surface area contributed by atoms with Crippen molar-refractivity contribution < 1.29 is 39.2 Å². The summed E-state index contributed by atoms with van der Waals surface area (Å²) in [5, 5.41) is 26.6. The second kappa shape index (κ2) is 11.9. The Hall–Kier alpha value is -1.58. The quantitative estimate of drug-likeness (QED) is 0.329. The number of carboxylic acid groups (broad SMARTS) is 1. The molecule has 0 bridgehead atoms. The first-order valence-electron chi connectivity index (χ1n) is 7.31. The maximum atomic E-state index is 12.0. The molecule has 0 aliphatic rings. The molecule has 0 fully saturated rings. The van der Waals surface area contributed by atoms with E-state index in [1.165, 1.54) is 13.8 Å². The van der Waals surface area contributed by atoms with E-state index in [0.29, 0.717) is 0 Å². The van der Waals surface area contributed by atoms with Gasteiger partial charge in [0.2, 0.25) is 0 Å². The molecule has 0 amide bonds. The number of carbonyl (C=O) groups excluding carboxylic acids is 2. The van der Waals surface area contributed by atoms with Crippen molar-refractivity contribution in [1.82, 2.24) is 0 Å². The number of aliphatic hydroxyl groups excluding tert-OH is 2. The number of hydrogen-bond acceptors (Lipinski definition) is 8. The number of rotatable bonds is 12.